The Morgan fingerprint density at radius 1 is 1.14 bits per heavy atom. The first-order valence-electron chi connectivity index (χ1n) is 10.3. The van der Waals surface area contributed by atoms with Crippen molar-refractivity contribution >= 4 is 21.8 Å². The second-order valence-electron chi connectivity index (χ2n) is 8.23. The molecular formula is C23H27BrFN3O. The zero-order valence-electron chi connectivity index (χ0n) is 16.6. The lowest BCUT2D eigenvalue weighted by molar-refractivity contribution is -0.131. The molecular weight excluding hydrogens is 433 g/mol. The first kappa shape index (κ1) is 20.5. The smallest absolute Gasteiger partial charge is 0.226 e. The lowest BCUT2D eigenvalue weighted by atomic mass is 9.99. The number of nitrogens with zero attached hydrogens (tertiary/aromatic N) is 1. The van der Waals surface area contributed by atoms with Crippen LogP contribution in [0.4, 0.5) is 4.39 Å². The Hall–Kier alpha value is -1.76. The van der Waals surface area contributed by atoms with Crippen molar-refractivity contribution in [2.75, 3.05) is 13.6 Å². The van der Waals surface area contributed by atoms with Gasteiger partial charge in [-0.25, -0.2) is 4.39 Å². The lowest BCUT2D eigenvalue weighted by Gasteiger charge is -2.18. The van der Waals surface area contributed by atoms with E-state index in [-0.39, 0.29) is 23.7 Å². The van der Waals surface area contributed by atoms with Crippen LogP contribution in [0.15, 0.2) is 53.0 Å². The molecule has 1 aliphatic heterocycles. The summed E-state index contributed by atoms with van der Waals surface area (Å²) in [5.74, 6) is 0.535. The molecule has 2 aliphatic rings. The first-order chi connectivity index (χ1) is 14.0. The second kappa shape index (κ2) is 8.94. The summed E-state index contributed by atoms with van der Waals surface area (Å²) in [5, 5.41) is 0. The number of nitrogens with one attached hydrogen (secondary N) is 2. The molecule has 0 spiro atoms. The van der Waals surface area contributed by atoms with Crippen molar-refractivity contribution in [2.45, 2.75) is 43.7 Å². The van der Waals surface area contributed by atoms with Gasteiger partial charge >= 0.3 is 0 Å². The molecule has 2 aromatic rings. The van der Waals surface area contributed by atoms with Gasteiger partial charge < -0.3 is 4.90 Å². The van der Waals surface area contributed by atoms with Gasteiger partial charge in [0.1, 0.15) is 5.82 Å². The quantitative estimate of drug-likeness (QED) is 0.638. The van der Waals surface area contributed by atoms with Crippen molar-refractivity contribution in [3.05, 3.63) is 69.9 Å². The predicted octanol–water partition coefficient (Wildman–Crippen LogP) is 4.54. The van der Waals surface area contributed by atoms with Crippen molar-refractivity contribution < 1.29 is 9.18 Å². The van der Waals surface area contributed by atoms with Gasteiger partial charge in [0.05, 0.1) is 0 Å². The van der Waals surface area contributed by atoms with Gasteiger partial charge in [0.15, 0.2) is 0 Å². The van der Waals surface area contributed by atoms with Gasteiger partial charge in [0.2, 0.25) is 5.91 Å². The Bertz CT molecular complexity index is 877. The van der Waals surface area contributed by atoms with E-state index >= 15 is 0 Å². The molecule has 1 aliphatic carbocycles. The van der Waals surface area contributed by atoms with E-state index in [1.54, 1.807) is 12.1 Å². The van der Waals surface area contributed by atoms with E-state index in [2.05, 4.69) is 38.9 Å². The lowest BCUT2D eigenvalue weighted by Crippen LogP contribution is -2.33. The second-order valence-corrected chi connectivity index (χ2v) is 9.15. The maximum absolute atomic E-state index is 13.4. The summed E-state index contributed by atoms with van der Waals surface area (Å²) in [6.07, 6.45) is 3.81. The van der Waals surface area contributed by atoms with Crippen molar-refractivity contribution in [1.29, 1.82) is 0 Å². The van der Waals surface area contributed by atoms with Crippen LogP contribution in [-0.4, -0.2) is 30.4 Å². The SMILES string of the molecule is CN(CCCC1CC(c2cccc(F)c2)NN1)C(=O)C1CC1c1cccc(Br)c1. The number of hydrogen-bond donors (Lipinski definition) is 2. The van der Waals surface area contributed by atoms with Crippen molar-refractivity contribution in [3.8, 4) is 0 Å². The first-order valence-corrected chi connectivity index (χ1v) is 11.1. The van der Waals surface area contributed by atoms with Gasteiger partial charge in [0, 0.05) is 36.1 Å². The molecule has 2 N–H and O–H groups in total. The third kappa shape index (κ3) is 5.05. The highest BCUT2D eigenvalue weighted by atomic mass is 79.9. The van der Waals surface area contributed by atoms with Crippen LogP contribution in [0.5, 0.6) is 0 Å². The highest BCUT2D eigenvalue weighted by molar-refractivity contribution is 9.10. The molecule has 0 aromatic heterocycles. The van der Waals surface area contributed by atoms with Crippen LogP contribution in [0.2, 0.25) is 0 Å². The summed E-state index contributed by atoms with van der Waals surface area (Å²) in [4.78, 5) is 14.6. The van der Waals surface area contributed by atoms with Crippen molar-refractivity contribution in [3.63, 3.8) is 0 Å². The third-order valence-corrected chi connectivity index (χ3v) is 6.53. The molecule has 4 nitrogen and oxygen atoms in total. The number of amides is 1. The highest BCUT2D eigenvalue weighted by Crippen LogP contribution is 2.48. The Morgan fingerprint density at radius 3 is 2.72 bits per heavy atom. The molecule has 2 fully saturated rings. The number of rotatable bonds is 7. The summed E-state index contributed by atoms with van der Waals surface area (Å²) < 4.78 is 14.5. The fraction of sp³-hybridized carbons (Fsp3) is 0.435. The topological polar surface area (TPSA) is 44.4 Å². The number of halogens is 2. The molecule has 2 aromatic carbocycles. The summed E-state index contributed by atoms with van der Waals surface area (Å²) in [5.41, 5.74) is 8.80. The van der Waals surface area contributed by atoms with Gasteiger partial charge in [-0.15, -0.1) is 0 Å². The molecule has 29 heavy (non-hydrogen) atoms. The Balaban J connectivity index is 1.20. The molecule has 1 heterocycles. The largest absolute Gasteiger partial charge is 0.346 e. The molecule has 1 saturated carbocycles. The summed E-state index contributed by atoms with van der Waals surface area (Å²) in [6, 6.07) is 15.5. The van der Waals surface area contributed by atoms with Gasteiger partial charge in [-0.2, -0.15) is 0 Å². The van der Waals surface area contributed by atoms with Crippen molar-refractivity contribution in [2.24, 2.45) is 5.92 Å². The Labute approximate surface area is 180 Å². The maximum atomic E-state index is 13.4. The number of benzene rings is 2. The zero-order chi connectivity index (χ0) is 20.4. The van der Waals surface area contributed by atoms with Gasteiger partial charge in [-0.3, -0.25) is 15.6 Å². The average Bonchev–Trinajstić information content (AvgIpc) is 3.37. The van der Waals surface area contributed by atoms with Crippen molar-refractivity contribution in [1.82, 2.24) is 15.8 Å². The molecule has 0 radical (unpaired) electrons. The molecule has 1 amide bonds. The van der Waals surface area contributed by atoms with Crippen LogP contribution in [0.3, 0.4) is 0 Å². The van der Waals surface area contributed by atoms with Crippen LogP contribution in [-0.2, 0) is 4.79 Å². The number of carbonyl (C=O) groups excluding carboxylic acids is 1. The minimum Gasteiger partial charge on any atom is -0.346 e. The third-order valence-electron chi connectivity index (χ3n) is 6.04. The van der Waals surface area contributed by atoms with Crippen LogP contribution < -0.4 is 10.9 Å². The average molecular weight is 460 g/mol. The normalized spacial score (nSPS) is 25.8. The zero-order valence-corrected chi connectivity index (χ0v) is 18.2. The Morgan fingerprint density at radius 2 is 1.93 bits per heavy atom. The summed E-state index contributed by atoms with van der Waals surface area (Å²) in [6.45, 7) is 0.767. The predicted molar refractivity (Wildman–Crippen MR) is 116 cm³/mol. The number of hydrazine groups is 1. The van der Waals surface area contributed by atoms with E-state index < -0.39 is 0 Å². The molecule has 0 bridgehead atoms. The molecule has 1 saturated heterocycles. The number of carbonyl (C=O) groups is 1. The maximum Gasteiger partial charge on any atom is 0.226 e. The van der Waals surface area contributed by atoms with E-state index in [9.17, 15) is 9.18 Å². The molecule has 6 heteroatoms. The summed E-state index contributed by atoms with van der Waals surface area (Å²) in [7, 11) is 1.91. The monoisotopic (exact) mass is 459 g/mol. The van der Waals surface area contributed by atoms with E-state index in [0.717, 1.165) is 42.3 Å². The van der Waals surface area contributed by atoms with Crippen LogP contribution in [0, 0.1) is 11.7 Å². The van der Waals surface area contributed by atoms with Gasteiger partial charge in [-0.05, 0) is 67.0 Å². The van der Waals surface area contributed by atoms with Crippen LogP contribution in [0.25, 0.3) is 0 Å². The fourth-order valence-corrected chi connectivity index (χ4v) is 4.71. The fourth-order valence-electron chi connectivity index (χ4n) is 4.30. The van der Waals surface area contributed by atoms with Gasteiger partial charge in [0.25, 0.3) is 0 Å². The molecule has 4 rings (SSSR count). The van der Waals surface area contributed by atoms with Gasteiger partial charge in [-0.1, -0.05) is 40.2 Å². The molecule has 4 unspecified atom stereocenters. The standard InChI is InChI=1S/C23H27BrFN3O/c1-28(23(29)21-14-20(21)15-5-2-7-17(24)11-15)10-4-9-19-13-22(27-26-19)16-6-3-8-18(25)12-16/h2-3,5-8,11-12,19-22,26-27H,4,9-10,13-14H2,1H3. The van der Waals surface area contributed by atoms with E-state index in [4.69, 9.17) is 0 Å². The Kier molecular flexibility index (Phi) is 6.32. The molecule has 154 valence electrons. The highest BCUT2D eigenvalue weighted by Gasteiger charge is 2.45. The number of hydrogen-bond acceptors (Lipinski definition) is 3. The minimum absolute atomic E-state index is 0.123. The van der Waals surface area contributed by atoms with E-state index in [0.29, 0.717) is 12.0 Å². The van der Waals surface area contributed by atoms with E-state index in [1.807, 2.05) is 30.1 Å². The van der Waals surface area contributed by atoms with Crippen LogP contribution in [0.1, 0.15) is 48.8 Å². The molecule has 4 atom stereocenters. The van der Waals surface area contributed by atoms with E-state index in [1.165, 1.54) is 11.6 Å². The summed E-state index contributed by atoms with van der Waals surface area (Å²) >= 11 is 3.51. The minimum atomic E-state index is -0.200. The van der Waals surface area contributed by atoms with Crippen LogP contribution >= 0.6 is 15.9 Å².